The number of rotatable bonds is 4. The molecule has 1 aliphatic rings. The third kappa shape index (κ3) is 4.40. The fourth-order valence-electron chi connectivity index (χ4n) is 2.25. The zero-order valence-electron chi connectivity index (χ0n) is 10.9. The number of benzene rings is 1. The Labute approximate surface area is 118 Å². The number of hydrogen-bond acceptors (Lipinski definition) is 4. The Morgan fingerprint density at radius 1 is 1.47 bits per heavy atom. The Morgan fingerprint density at radius 2 is 2.26 bits per heavy atom. The smallest absolute Gasteiger partial charge is 0.211 e. The summed E-state index contributed by atoms with van der Waals surface area (Å²) in [6.07, 6.45) is 3.27. The monoisotopic (exact) mass is 301 g/mol. The lowest BCUT2D eigenvalue weighted by Gasteiger charge is -2.30. The minimum atomic E-state index is -3.06. The lowest BCUT2D eigenvalue weighted by Crippen LogP contribution is -2.39. The molecule has 4 nitrogen and oxygen atoms in total. The van der Waals surface area contributed by atoms with Crippen LogP contribution in [0.1, 0.15) is 12.8 Å². The van der Waals surface area contributed by atoms with Gasteiger partial charge < -0.3 is 5.11 Å². The highest BCUT2D eigenvalue weighted by atomic mass is 32.2. The van der Waals surface area contributed by atoms with Crippen molar-refractivity contribution in [1.82, 2.24) is 4.31 Å². The van der Waals surface area contributed by atoms with Crippen LogP contribution in [0, 0.1) is 5.92 Å². The van der Waals surface area contributed by atoms with Gasteiger partial charge in [-0.3, -0.25) is 0 Å². The van der Waals surface area contributed by atoms with E-state index in [1.165, 1.54) is 6.26 Å². The molecule has 1 heterocycles. The van der Waals surface area contributed by atoms with Crippen molar-refractivity contribution in [3.05, 3.63) is 24.3 Å². The summed E-state index contributed by atoms with van der Waals surface area (Å²) in [5, 5.41) is 9.40. The lowest BCUT2D eigenvalue weighted by molar-refractivity contribution is 0.286. The van der Waals surface area contributed by atoms with Gasteiger partial charge in [0.05, 0.1) is 6.26 Å². The molecule has 1 saturated heterocycles. The first kappa shape index (κ1) is 14.7. The Hall–Kier alpha value is -0.720. The molecule has 1 N–H and O–H groups in total. The number of phenolic OH excluding ortho intramolecular Hbond substituents is 1. The van der Waals surface area contributed by atoms with Gasteiger partial charge in [-0.05, 0) is 37.0 Å². The van der Waals surface area contributed by atoms with Gasteiger partial charge in [0.15, 0.2) is 0 Å². The molecule has 1 aromatic rings. The molecular weight excluding hydrogens is 282 g/mol. The largest absolute Gasteiger partial charge is 0.508 e. The number of phenols is 1. The molecule has 0 saturated carbocycles. The van der Waals surface area contributed by atoms with Crippen LogP contribution < -0.4 is 0 Å². The molecule has 0 radical (unpaired) electrons. The van der Waals surface area contributed by atoms with Gasteiger partial charge in [0.2, 0.25) is 10.0 Å². The van der Waals surface area contributed by atoms with Crippen molar-refractivity contribution in [3.8, 4) is 5.75 Å². The predicted octanol–water partition coefficient (Wildman–Crippen LogP) is 2.16. The van der Waals surface area contributed by atoms with Crippen molar-refractivity contribution in [2.45, 2.75) is 17.7 Å². The van der Waals surface area contributed by atoms with Crippen LogP contribution in [0.25, 0.3) is 0 Å². The molecule has 1 atom stereocenters. The van der Waals surface area contributed by atoms with Gasteiger partial charge >= 0.3 is 0 Å². The SMILES string of the molecule is CS(=O)(=O)N1CCCC(CSc2cccc(O)c2)C1. The lowest BCUT2D eigenvalue weighted by atomic mass is 10.0. The minimum Gasteiger partial charge on any atom is -0.508 e. The summed E-state index contributed by atoms with van der Waals surface area (Å²) in [5.41, 5.74) is 0. The van der Waals surface area contributed by atoms with Gasteiger partial charge in [0, 0.05) is 23.7 Å². The normalized spacial score (nSPS) is 21.4. The van der Waals surface area contributed by atoms with E-state index in [1.54, 1.807) is 28.2 Å². The maximum atomic E-state index is 11.5. The molecule has 106 valence electrons. The van der Waals surface area contributed by atoms with Gasteiger partial charge in [-0.25, -0.2) is 12.7 Å². The quantitative estimate of drug-likeness (QED) is 0.866. The van der Waals surface area contributed by atoms with Gasteiger partial charge in [-0.15, -0.1) is 11.8 Å². The van der Waals surface area contributed by atoms with Crippen LogP contribution in [0.4, 0.5) is 0 Å². The van der Waals surface area contributed by atoms with Crippen LogP contribution in [0.5, 0.6) is 5.75 Å². The van der Waals surface area contributed by atoms with Gasteiger partial charge in [-0.2, -0.15) is 0 Å². The van der Waals surface area contributed by atoms with Gasteiger partial charge in [0.1, 0.15) is 5.75 Å². The first-order valence-electron chi connectivity index (χ1n) is 6.32. The second-order valence-corrected chi connectivity index (χ2v) is 8.01. The highest BCUT2D eigenvalue weighted by Gasteiger charge is 2.25. The van der Waals surface area contributed by atoms with Crippen molar-refractivity contribution in [1.29, 1.82) is 0 Å². The Bertz CT molecular complexity index is 530. The molecule has 0 spiro atoms. The number of thioether (sulfide) groups is 1. The average molecular weight is 301 g/mol. The molecule has 6 heteroatoms. The van der Waals surface area contributed by atoms with E-state index in [9.17, 15) is 13.5 Å². The zero-order valence-corrected chi connectivity index (χ0v) is 12.6. The number of nitrogens with zero attached hydrogens (tertiary/aromatic N) is 1. The van der Waals surface area contributed by atoms with E-state index < -0.39 is 10.0 Å². The highest BCUT2D eigenvalue weighted by molar-refractivity contribution is 7.99. The fraction of sp³-hybridized carbons (Fsp3) is 0.538. The second kappa shape index (κ2) is 6.15. The molecule has 0 amide bonds. The maximum absolute atomic E-state index is 11.5. The molecule has 2 rings (SSSR count). The molecule has 1 aliphatic heterocycles. The number of piperidine rings is 1. The Kier molecular flexibility index (Phi) is 4.76. The van der Waals surface area contributed by atoms with Crippen molar-refractivity contribution in [2.24, 2.45) is 5.92 Å². The molecule has 19 heavy (non-hydrogen) atoms. The highest BCUT2D eigenvalue weighted by Crippen LogP contribution is 2.28. The predicted molar refractivity (Wildman–Crippen MR) is 78.0 cm³/mol. The van der Waals surface area contributed by atoms with Crippen LogP contribution >= 0.6 is 11.8 Å². The third-order valence-electron chi connectivity index (χ3n) is 3.25. The molecule has 0 aromatic heterocycles. The summed E-state index contributed by atoms with van der Waals surface area (Å²) in [7, 11) is -3.06. The summed E-state index contributed by atoms with van der Waals surface area (Å²) in [5.74, 6) is 1.54. The topological polar surface area (TPSA) is 57.6 Å². The first-order chi connectivity index (χ1) is 8.95. The van der Waals surface area contributed by atoms with Crippen LogP contribution in [0.3, 0.4) is 0 Å². The Balaban J connectivity index is 1.89. The van der Waals surface area contributed by atoms with E-state index in [2.05, 4.69) is 0 Å². The number of hydrogen-bond donors (Lipinski definition) is 1. The average Bonchev–Trinajstić information content (AvgIpc) is 2.36. The van der Waals surface area contributed by atoms with Gasteiger partial charge in [0.25, 0.3) is 0 Å². The van der Waals surface area contributed by atoms with E-state index in [0.717, 1.165) is 23.5 Å². The summed E-state index contributed by atoms with van der Waals surface area (Å²) in [4.78, 5) is 1.02. The van der Waals surface area contributed by atoms with E-state index in [0.29, 0.717) is 19.0 Å². The standard InChI is InChI=1S/C13H19NO3S2/c1-19(16,17)14-7-3-4-11(9-14)10-18-13-6-2-5-12(15)8-13/h2,5-6,8,11,15H,3-4,7,9-10H2,1H3. The van der Waals surface area contributed by atoms with E-state index in [-0.39, 0.29) is 5.75 Å². The van der Waals surface area contributed by atoms with Crippen molar-refractivity contribution in [3.63, 3.8) is 0 Å². The van der Waals surface area contributed by atoms with Crippen LogP contribution in [-0.4, -0.2) is 42.9 Å². The van der Waals surface area contributed by atoms with Crippen LogP contribution in [-0.2, 0) is 10.0 Å². The third-order valence-corrected chi connectivity index (χ3v) is 5.75. The van der Waals surface area contributed by atoms with Crippen molar-refractivity contribution >= 4 is 21.8 Å². The number of sulfonamides is 1. The molecule has 1 aromatic carbocycles. The fourth-order valence-corrected chi connectivity index (χ4v) is 4.27. The number of aromatic hydroxyl groups is 1. The summed E-state index contributed by atoms with van der Waals surface area (Å²) >= 11 is 1.67. The van der Waals surface area contributed by atoms with E-state index in [4.69, 9.17) is 0 Å². The van der Waals surface area contributed by atoms with Crippen molar-refractivity contribution in [2.75, 3.05) is 25.1 Å². The zero-order chi connectivity index (χ0) is 13.9. The maximum Gasteiger partial charge on any atom is 0.211 e. The first-order valence-corrected chi connectivity index (χ1v) is 9.15. The van der Waals surface area contributed by atoms with Gasteiger partial charge in [-0.1, -0.05) is 6.07 Å². The molecule has 1 unspecified atom stereocenters. The van der Waals surface area contributed by atoms with Crippen molar-refractivity contribution < 1.29 is 13.5 Å². The van der Waals surface area contributed by atoms with E-state index >= 15 is 0 Å². The summed E-state index contributed by atoms with van der Waals surface area (Å²) < 4.78 is 24.6. The molecular formula is C13H19NO3S2. The van der Waals surface area contributed by atoms with Crippen LogP contribution in [0.2, 0.25) is 0 Å². The Morgan fingerprint density at radius 3 is 2.95 bits per heavy atom. The van der Waals surface area contributed by atoms with Crippen LogP contribution in [0.15, 0.2) is 29.2 Å². The van der Waals surface area contributed by atoms with E-state index in [1.807, 2.05) is 12.1 Å². The molecule has 0 bridgehead atoms. The molecule has 1 fully saturated rings. The summed E-state index contributed by atoms with van der Waals surface area (Å²) in [6, 6.07) is 7.17. The minimum absolute atomic E-state index is 0.270. The molecule has 0 aliphatic carbocycles. The summed E-state index contributed by atoms with van der Waals surface area (Å²) in [6.45, 7) is 1.26. The second-order valence-electron chi connectivity index (χ2n) is 4.94.